The molecule has 0 aliphatic carbocycles. The molecular formula is C14H17ClN4O4. The molecule has 23 heavy (non-hydrogen) atoms. The van der Waals surface area contributed by atoms with Crippen molar-refractivity contribution in [2.24, 2.45) is 10.8 Å². The molecule has 124 valence electrons. The Hall–Kier alpha value is -2.61. The summed E-state index contributed by atoms with van der Waals surface area (Å²) in [4.78, 5) is 33.4. The molecule has 0 spiro atoms. The van der Waals surface area contributed by atoms with Crippen LogP contribution in [0, 0.1) is 0 Å². The first-order valence-corrected chi connectivity index (χ1v) is 7.02. The maximum atomic E-state index is 11.4. The fourth-order valence-corrected chi connectivity index (χ4v) is 1.65. The van der Waals surface area contributed by atoms with E-state index in [0.717, 1.165) is 0 Å². The van der Waals surface area contributed by atoms with Crippen molar-refractivity contribution >= 4 is 35.5 Å². The van der Waals surface area contributed by atoms with Crippen LogP contribution in [-0.4, -0.2) is 36.6 Å². The van der Waals surface area contributed by atoms with Crippen LogP contribution in [0.3, 0.4) is 0 Å². The summed E-state index contributed by atoms with van der Waals surface area (Å²) in [6.45, 7) is 3.19. The summed E-state index contributed by atoms with van der Waals surface area (Å²) in [7, 11) is 0. The van der Waals surface area contributed by atoms with Crippen molar-refractivity contribution in [3.8, 4) is 5.75 Å². The maximum Gasteiger partial charge on any atom is 0.329 e. The highest BCUT2D eigenvalue weighted by atomic mass is 35.5. The monoisotopic (exact) mass is 340 g/mol. The molecule has 9 heteroatoms. The van der Waals surface area contributed by atoms with E-state index in [1.807, 2.05) is 0 Å². The van der Waals surface area contributed by atoms with E-state index in [0.29, 0.717) is 11.3 Å². The van der Waals surface area contributed by atoms with E-state index in [9.17, 15) is 14.4 Å². The quantitative estimate of drug-likeness (QED) is 0.388. The number of amides is 3. The molecule has 0 saturated heterocycles. The van der Waals surface area contributed by atoms with Gasteiger partial charge in [-0.1, -0.05) is 11.6 Å². The number of nitrogens with zero attached hydrogens (tertiary/aromatic N) is 1. The minimum Gasteiger partial charge on any atom is -0.482 e. The van der Waals surface area contributed by atoms with Crippen LogP contribution in [0.25, 0.3) is 0 Å². The minimum atomic E-state index is -0.873. The average molecular weight is 341 g/mol. The zero-order valence-electron chi connectivity index (χ0n) is 12.6. The predicted molar refractivity (Wildman–Crippen MR) is 85.2 cm³/mol. The van der Waals surface area contributed by atoms with Crippen LogP contribution in [0.5, 0.6) is 5.75 Å². The van der Waals surface area contributed by atoms with E-state index in [1.165, 1.54) is 18.3 Å². The second kappa shape index (κ2) is 8.74. The van der Waals surface area contributed by atoms with E-state index in [-0.39, 0.29) is 17.7 Å². The molecule has 0 atom stereocenters. The molecule has 0 unspecified atom stereocenters. The maximum absolute atomic E-state index is 11.4. The lowest BCUT2D eigenvalue weighted by molar-refractivity contribution is -0.139. The third-order valence-corrected chi connectivity index (χ3v) is 2.63. The summed E-state index contributed by atoms with van der Waals surface area (Å²) < 4.78 is 5.09. The lowest BCUT2D eigenvalue weighted by Gasteiger charge is -2.07. The van der Waals surface area contributed by atoms with Gasteiger partial charge in [0.25, 0.3) is 5.91 Å². The van der Waals surface area contributed by atoms with Gasteiger partial charge in [0.05, 0.1) is 11.2 Å². The lowest BCUT2D eigenvalue weighted by atomic mass is 10.2. The molecule has 0 heterocycles. The molecule has 0 aliphatic rings. The molecule has 4 N–H and O–H groups in total. The van der Waals surface area contributed by atoms with Crippen LogP contribution in [0.4, 0.5) is 0 Å². The number of hydrazone groups is 1. The number of hydrogen-bond acceptors (Lipinski definition) is 5. The molecule has 8 nitrogen and oxygen atoms in total. The number of nitrogens with two attached hydrogens (primary N) is 1. The minimum absolute atomic E-state index is 0.149. The van der Waals surface area contributed by atoms with Crippen molar-refractivity contribution in [1.82, 2.24) is 10.7 Å². The van der Waals surface area contributed by atoms with Crippen LogP contribution in [0.15, 0.2) is 23.3 Å². The van der Waals surface area contributed by atoms with Crippen molar-refractivity contribution in [3.63, 3.8) is 0 Å². The highest BCUT2D eigenvalue weighted by molar-refractivity contribution is 6.35. The zero-order chi connectivity index (χ0) is 17.4. The summed E-state index contributed by atoms with van der Waals surface area (Å²) in [6, 6.07) is 4.50. The van der Waals surface area contributed by atoms with E-state index in [1.54, 1.807) is 19.9 Å². The number of benzene rings is 1. The number of ether oxygens (including phenoxy) is 1. The Labute approximate surface area is 138 Å². The van der Waals surface area contributed by atoms with Crippen LogP contribution in [-0.2, 0) is 14.4 Å². The Bertz CT molecular complexity index is 631. The number of halogens is 1. The first-order chi connectivity index (χ1) is 10.8. The van der Waals surface area contributed by atoms with Crippen molar-refractivity contribution in [2.75, 3.05) is 6.61 Å². The Balaban J connectivity index is 2.60. The third kappa shape index (κ3) is 6.79. The number of nitrogens with one attached hydrogen (secondary N) is 2. The topological polar surface area (TPSA) is 123 Å². The van der Waals surface area contributed by atoms with Gasteiger partial charge in [-0.25, -0.2) is 5.43 Å². The Morgan fingerprint density at radius 3 is 2.61 bits per heavy atom. The number of hydrogen-bond donors (Lipinski definition) is 3. The van der Waals surface area contributed by atoms with Crippen LogP contribution < -0.4 is 21.2 Å². The zero-order valence-corrected chi connectivity index (χ0v) is 13.4. The number of primary amides is 1. The van der Waals surface area contributed by atoms with E-state index in [4.69, 9.17) is 22.1 Å². The van der Waals surface area contributed by atoms with Crippen molar-refractivity contribution in [1.29, 1.82) is 0 Å². The largest absolute Gasteiger partial charge is 0.482 e. The Morgan fingerprint density at radius 1 is 1.35 bits per heavy atom. The second-order valence-electron chi connectivity index (χ2n) is 4.77. The standard InChI is InChI=1S/C14H17ClN4O4/c1-8(2)18-13(21)14(22)19-17-6-9-3-4-11(10(15)5-9)23-7-12(16)20/h3-6,8H,7H2,1-2H3,(H2,16,20)(H,18,21)(H,19,22)/b17-6-. The average Bonchev–Trinajstić information content (AvgIpc) is 2.45. The predicted octanol–water partition coefficient (Wildman–Crippen LogP) is 0.179. The first kappa shape index (κ1) is 18.4. The summed E-state index contributed by atoms with van der Waals surface area (Å²) in [6.07, 6.45) is 1.31. The van der Waals surface area contributed by atoms with Gasteiger partial charge in [0.1, 0.15) is 5.75 Å². The second-order valence-corrected chi connectivity index (χ2v) is 5.18. The van der Waals surface area contributed by atoms with Gasteiger partial charge in [-0.05, 0) is 37.6 Å². The first-order valence-electron chi connectivity index (χ1n) is 6.64. The lowest BCUT2D eigenvalue weighted by Crippen LogP contribution is -2.41. The number of carbonyl (C=O) groups excluding carboxylic acids is 3. The van der Waals surface area contributed by atoms with Crippen LogP contribution >= 0.6 is 11.6 Å². The van der Waals surface area contributed by atoms with Crippen molar-refractivity contribution in [3.05, 3.63) is 28.8 Å². The number of carbonyl (C=O) groups is 3. The molecule has 1 aromatic carbocycles. The summed E-state index contributed by atoms with van der Waals surface area (Å²) in [5.41, 5.74) is 7.62. The Kier molecular flexibility index (Phi) is 7.01. The van der Waals surface area contributed by atoms with Gasteiger partial charge in [0.2, 0.25) is 0 Å². The van der Waals surface area contributed by atoms with Crippen molar-refractivity contribution < 1.29 is 19.1 Å². The number of rotatable bonds is 6. The Morgan fingerprint density at radius 2 is 2.04 bits per heavy atom. The van der Waals surface area contributed by atoms with Gasteiger partial charge in [-0.3, -0.25) is 14.4 Å². The van der Waals surface area contributed by atoms with Gasteiger partial charge in [-0.2, -0.15) is 5.10 Å². The van der Waals surface area contributed by atoms with Gasteiger partial charge in [0, 0.05) is 6.04 Å². The van der Waals surface area contributed by atoms with Crippen molar-refractivity contribution in [2.45, 2.75) is 19.9 Å². The highest BCUT2D eigenvalue weighted by Gasteiger charge is 2.12. The normalized spacial score (nSPS) is 10.6. The van der Waals surface area contributed by atoms with E-state index < -0.39 is 17.7 Å². The van der Waals surface area contributed by atoms with Crippen LogP contribution in [0.2, 0.25) is 5.02 Å². The molecule has 0 radical (unpaired) electrons. The van der Waals surface area contributed by atoms with Gasteiger partial charge < -0.3 is 15.8 Å². The molecule has 1 aromatic rings. The molecule has 0 saturated carbocycles. The molecule has 0 bridgehead atoms. The molecule has 0 aromatic heterocycles. The van der Waals surface area contributed by atoms with Gasteiger partial charge in [-0.15, -0.1) is 0 Å². The summed E-state index contributed by atoms with van der Waals surface area (Å²) in [5, 5.41) is 6.34. The molecule has 3 amide bonds. The van der Waals surface area contributed by atoms with Crippen LogP contribution in [0.1, 0.15) is 19.4 Å². The third-order valence-electron chi connectivity index (χ3n) is 2.33. The summed E-state index contributed by atoms with van der Waals surface area (Å²) in [5.74, 6) is -1.97. The molecule has 0 aliphatic heterocycles. The fraction of sp³-hybridized carbons (Fsp3) is 0.286. The van der Waals surface area contributed by atoms with Gasteiger partial charge in [0.15, 0.2) is 6.61 Å². The van der Waals surface area contributed by atoms with E-state index >= 15 is 0 Å². The molecular weight excluding hydrogens is 324 g/mol. The SMILES string of the molecule is CC(C)NC(=O)C(=O)N/N=C\c1ccc(OCC(N)=O)c(Cl)c1. The summed E-state index contributed by atoms with van der Waals surface area (Å²) >= 11 is 5.97. The molecule has 0 fully saturated rings. The van der Waals surface area contributed by atoms with E-state index in [2.05, 4.69) is 15.8 Å². The van der Waals surface area contributed by atoms with Gasteiger partial charge >= 0.3 is 11.8 Å². The molecule has 1 rings (SSSR count). The highest BCUT2D eigenvalue weighted by Crippen LogP contribution is 2.24. The fourth-order valence-electron chi connectivity index (χ4n) is 1.41. The smallest absolute Gasteiger partial charge is 0.329 e.